The number of carbonyl (C=O) groups excluding carboxylic acids is 1. The summed E-state index contributed by atoms with van der Waals surface area (Å²) < 4.78 is 24.7. The minimum atomic E-state index is -2.90. The molecule has 0 N–H and O–H groups in total. The summed E-state index contributed by atoms with van der Waals surface area (Å²) in [7, 11) is -5.21. The molecular formula is C26H56O5Si2. The maximum Gasteiger partial charge on any atom is 0.501 e. The average molecular weight is 505 g/mol. The van der Waals surface area contributed by atoms with E-state index in [1.54, 1.807) is 0 Å². The summed E-state index contributed by atoms with van der Waals surface area (Å²) in [5.74, 6) is -0.389. The summed E-state index contributed by atoms with van der Waals surface area (Å²) in [6.45, 7) is 20.7. The number of unbranched alkanes of at least 4 members (excludes halogenated alkanes) is 6. The quantitative estimate of drug-likeness (QED) is 0.124. The van der Waals surface area contributed by atoms with Crippen LogP contribution in [0, 0.1) is 5.92 Å². The third-order valence-corrected chi connectivity index (χ3v) is 15.5. The molecule has 0 aromatic rings. The van der Waals surface area contributed by atoms with Crippen LogP contribution in [0.25, 0.3) is 0 Å². The zero-order valence-electron chi connectivity index (χ0n) is 23.5. The molecule has 33 heavy (non-hydrogen) atoms. The van der Waals surface area contributed by atoms with Gasteiger partial charge in [-0.3, -0.25) is 4.79 Å². The first-order chi connectivity index (χ1) is 15.6. The zero-order valence-corrected chi connectivity index (χ0v) is 25.5. The van der Waals surface area contributed by atoms with Crippen LogP contribution < -0.4 is 0 Å². The molecule has 0 amide bonds. The third-order valence-electron chi connectivity index (χ3n) is 6.58. The molecule has 0 heterocycles. The van der Waals surface area contributed by atoms with Gasteiger partial charge in [-0.15, -0.1) is 0 Å². The fourth-order valence-electron chi connectivity index (χ4n) is 4.52. The van der Waals surface area contributed by atoms with Crippen molar-refractivity contribution in [1.29, 1.82) is 0 Å². The van der Waals surface area contributed by atoms with Gasteiger partial charge in [-0.25, -0.2) is 0 Å². The number of rotatable bonds is 20. The Kier molecular flexibility index (Phi) is 17.1. The van der Waals surface area contributed by atoms with Gasteiger partial charge in [0.25, 0.3) is 14.3 Å². The second kappa shape index (κ2) is 17.3. The first-order valence-corrected chi connectivity index (χ1v) is 18.0. The van der Waals surface area contributed by atoms with E-state index >= 15 is 0 Å². The molecule has 0 fully saturated rings. The fraction of sp³-hybridized carbons (Fsp3) is 0.962. The van der Waals surface area contributed by atoms with Gasteiger partial charge in [-0.1, -0.05) is 92.9 Å². The molecule has 0 aromatic carbocycles. The molecule has 0 aromatic heterocycles. The largest absolute Gasteiger partial charge is 0.518 e. The van der Waals surface area contributed by atoms with Crippen LogP contribution in [0.15, 0.2) is 0 Å². The highest BCUT2D eigenvalue weighted by atomic mass is 28.4. The van der Waals surface area contributed by atoms with Gasteiger partial charge >= 0.3 is 8.80 Å². The van der Waals surface area contributed by atoms with Gasteiger partial charge in [0, 0.05) is 25.9 Å². The van der Waals surface area contributed by atoms with E-state index in [1.165, 1.54) is 38.5 Å². The van der Waals surface area contributed by atoms with Crippen LogP contribution in [-0.4, -0.2) is 42.9 Å². The van der Waals surface area contributed by atoms with Crippen LogP contribution in [0.5, 0.6) is 0 Å². The Morgan fingerprint density at radius 1 is 0.727 bits per heavy atom. The second-order valence-electron chi connectivity index (χ2n) is 10.4. The molecule has 0 saturated heterocycles. The van der Waals surface area contributed by atoms with Gasteiger partial charge in [0.05, 0.1) is 5.92 Å². The molecule has 0 spiro atoms. The van der Waals surface area contributed by atoms with Crippen molar-refractivity contribution in [2.75, 3.05) is 19.8 Å². The first-order valence-electron chi connectivity index (χ1n) is 13.7. The minimum Gasteiger partial charge on any atom is -0.518 e. The summed E-state index contributed by atoms with van der Waals surface area (Å²) in [4.78, 5) is 13.5. The van der Waals surface area contributed by atoms with Gasteiger partial charge < -0.3 is 17.7 Å². The maximum absolute atomic E-state index is 13.5. The molecule has 0 rings (SSSR count). The van der Waals surface area contributed by atoms with Crippen LogP contribution in [0.1, 0.15) is 114 Å². The van der Waals surface area contributed by atoms with E-state index in [2.05, 4.69) is 34.6 Å². The third kappa shape index (κ3) is 11.8. The van der Waals surface area contributed by atoms with Crippen molar-refractivity contribution in [2.45, 2.75) is 137 Å². The Morgan fingerprint density at radius 2 is 1.15 bits per heavy atom. The van der Waals surface area contributed by atoms with Crippen LogP contribution in [0.4, 0.5) is 0 Å². The zero-order chi connectivity index (χ0) is 25.4. The highest BCUT2D eigenvalue weighted by Gasteiger charge is 2.50. The normalized spacial score (nSPS) is 13.8. The fourth-order valence-corrected chi connectivity index (χ4v) is 11.8. The second-order valence-corrected chi connectivity index (χ2v) is 17.7. The predicted octanol–water partition coefficient (Wildman–Crippen LogP) is 8.12. The molecule has 7 heteroatoms. The van der Waals surface area contributed by atoms with Crippen LogP contribution >= 0.6 is 0 Å². The van der Waals surface area contributed by atoms with E-state index in [1.807, 2.05) is 27.7 Å². The summed E-state index contributed by atoms with van der Waals surface area (Å²) in [6, 6.07) is 2.60. The smallest absolute Gasteiger partial charge is 0.501 e. The van der Waals surface area contributed by atoms with Crippen LogP contribution in [0.3, 0.4) is 0 Å². The van der Waals surface area contributed by atoms with E-state index in [4.69, 9.17) is 17.7 Å². The van der Waals surface area contributed by atoms with E-state index < -0.39 is 17.1 Å². The molecule has 0 aliphatic carbocycles. The topological polar surface area (TPSA) is 54.0 Å². The number of carbonyl (C=O) groups is 1. The van der Waals surface area contributed by atoms with Crippen molar-refractivity contribution in [3.63, 3.8) is 0 Å². The first kappa shape index (κ1) is 32.8. The van der Waals surface area contributed by atoms with Crippen molar-refractivity contribution >= 4 is 23.1 Å². The highest BCUT2D eigenvalue weighted by Crippen LogP contribution is 2.45. The van der Waals surface area contributed by atoms with Crippen molar-refractivity contribution in [3.8, 4) is 0 Å². The lowest BCUT2D eigenvalue weighted by Gasteiger charge is -2.43. The Labute approximate surface area is 208 Å². The molecule has 1 unspecified atom stereocenters. The standard InChI is InChI=1S/C26H56O5Si2/c1-10-15-17-19-21-32(26(7,8)9,22-20-18-16-11-2)31-25(27)24(6)23-33(28-12-3,29-13-4)30-14-5/h24H,10-23H2,1-9H3. The van der Waals surface area contributed by atoms with E-state index in [0.29, 0.717) is 25.9 Å². The van der Waals surface area contributed by atoms with E-state index in [0.717, 1.165) is 24.9 Å². The van der Waals surface area contributed by atoms with Gasteiger partial charge in [-0.05, 0) is 37.9 Å². The molecule has 0 aliphatic heterocycles. The lowest BCUT2D eigenvalue weighted by molar-refractivity contribution is -0.139. The molecule has 5 nitrogen and oxygen atoms in total. The molecule has 0 bridgehead atoms. The molecular weight excluding hydrogens is 448 g/mol. The SMILES string of the molecule is CCCCCC[Si](CCCCCC)(OC(=O)C(C)C[Si](OCC)(OCC)OCC)C(C)(C)C. The van der Waals surface area contributed by atoms with Crippen molar-refractivity contribution in [3.05, 3.63) is 0 Å². The van der Waals surface area contributed by atoms with Gasteiger partial charge in [-0.2, -0.15) is 0 Å². The molecule has 0 saturated carbocycles. The summed E-state index contributed by atoms with van der Waals surface area (Å²) in [5, 5.41) is 0.00901. The summed E-state index contributed by atoms with van der Waals surface area (Å²) >= 11 is 0. The molecule has 198 valence electrons. The highest BCUT2D eigenvalue weighted by molar-refractivity contribution is 6.78. The monoisotopic (exact) mass is 504 g/mol. The van der Waals surface area contributed by atoms with Crippen molar-refractivity contribution in [2.24, 2.45) is 5.92 Å². The predicted molar refractivity (Wildman–Crippen MR) is 144 cm³/mol. The number of hydrogen-bond donors (Lipinski definition) is 0. The van der Waals surface area contributed by atoms with E-state index in [9.17, 15) is 4.79 Å². The van der Waals surface area contributed by atoms with Gasteiger partial charge in [0.2, 0.25) is 0 Å². The van der Waals surface area contributed by atoms with E-state index in [-0.39, 0.29) is 16.9 Å². The lowest BCUT2D eigenvalue weighted by atomic mass is 10.2. The average Bonchev–Trinajstić information content (AvgIpc) is 2.73. The van der Waals surface area contributed by atoms with Crippen molar-refractivity contribution in [1.82, 2.24) is 0 Å². The van der Waals surface area contributed by atoms with Crippen LogP contribution in [-0.2, 0) is 22.5 Å². The Bertz CT molecular complexity index is 478. The minimum absolute atomic E-state index is 0.00901. The Balaban J connectivity index is 5.66. The van der Waals surface area contributed by atoms with Crippen molar-refractivity contribution < 1.29 is 22.5 Å². The maximum atomic E-state index is 13.5. The van der Waals surface area contributed by atoms with Crippen LogP contribution in [0.2, 0.25) is 23.2 Å². The summed E-state index contributed by atoms with van der Waals surface area (Å²) in [5.41, 5.74) is 0. The van der Waals surface area contributed by atoms with Gasteiger partial charge in [0.1, 0.15) is 0 Å². The Morgan fingerprint density at radius 3 is 1.48 bits per heavy atom. The molecule has 1 atom stereocenters. The lowest BCUT2D eigenvalue weighted by Crippen LogP contribution is -2.51. The summed E-state index contributed by atoms with van der Waals surface area (Å²) in [6.07, 6.45) is 9.69. The molecule has 0 aliphatic rings. The molecule has 0 radical (unpaired) electrons. The Hall–Kier alpha value is -0.216. The number of hydrogen-bond acceptors (Lipinski definition) is 5. The van der Waals surface area contributed by atoms with Gasteiger partial charge in [0.15, 0.2) is 0 Å².